The third kappa shape index (κ3) is 5.28. The van der Waals surface area contributed by atoms with Crippen LogP contribution in [0.5, 0.6) is 0 Å². The number of hydrogen-bond donors (Lipinski definition) is 2. The summed E-state index contributed by atoms with van der Waals surface area (Å²) in [5, 5.41) is 9.06. The Morgan fingerprint density at radius 3 is 2.97 bits per heavy atom. The molecule has 0 spiro atoms. The Morgan fingerprint density at radius 1 is 1.33 bits per heavy atom. The van der Waals surface area contributed by atoms with Gasteiger partial charge in [-0.25, -0.2) is 9.67 Å². The first-order valence-corrected chi connectivity index (χ1v) is 13.7. The number of benzene rings is 1. The highest BCUT2D eigenvalue weighted by Crippen LogP contribution is 2.29. The van der Waals surface area contributed by atoms with E-state index in [1.165, 1.54) is 11.3 Å². The molecule has 1 aromatic carbocycles. The maximum absolute atomic E-state index is 13.5. The highest BCUT2D eigenvalue weighted by molar-refractivity contribution is 8.00. The Labute approximate surface area is 217 Å². The summed E-state index contributed by atoms with van der Waals surface area (Å²) in [6.07, 6.45) is 1.77. The molecule has 2 fully saturated rings. The zero-order valence-corrected chi connectivity index (χ0v) is 22.2. The third-order valence-corrected chi connectivity index (χ3v) is 8.09. The highest BCUT2D eigenvalue weighted by Gasteiger charge is 2.34. The second kappa shape index (κ2) is 10.9. The lowest BCUT2D eigenvalue weighted by Gasteiger charge is -2.18. The first-order valence-electron chi connectivity index (χ1n) is 12.7. The van der Waals surface area contributed by atoms with Crippen LogP contribution in [0.1, 0.15) is 35.8 Å². The topological polar surface area (TPSA) is 95.6 Å². The van der Waals surface area contributed by atoms with Gasteiger partial charge in [-0.3, -0.25) is 14.6 Å². The molecule has 1 unspecified atom stereocenters. The van der Waals surface area contributed by atoms with Gasteiger partial charge in [-0.2, -0.15) is 5.10 Å². The summed E-state index contributed by atoms with van der Waals surface area (Å²) in [6, 6.07) is 10.4. The Kier molecular flexibility index (Phi) is 7.59. The molecule has 3 aromatic rings. The summed E-state index contributed by atoms with van der Waals surface area (Å²) in [6.45, 7) is 9.97. The van der Waals surface area contributed by atoms with Crippen LogP contribution in [0.2, 0.25) is 0 Å². The Hall–Kier alpha value is -2.50. The molecule has 2 aliphatic rings. The lowest BCUT2D eigenvalue weighted by molar-refractivity contribution is 0.0926. The lowest BCUT2D eigenvalue weighted by Crippen LogP contribution is -2.37. The van der Waals surface area contributed by atoms with E-state index in [0.29, 0.717) is 24.2 Å². The van der Waals surface area contributed by atoms with Crippen molar-refractivity contribution < 1.29 is 4.79 Å². The largest absolute Gasteiger partial charge is 0.339 e. The average Bonchev–Trinajstić information content (AvgIpc) is 3.57. The monoisotopic (exact) mass is 508 g/mol. The van der Waals surface area contributed by atoms with E-state index in [1.54, 1.807) is 6.20 Å². The van der Waals surface area contributed by atoms with Gasteiger partial charge in [0.1, 0.15) is 0 Å². The van der Waals surface area contributed by atoms with Crippen LogP contribution in [0.3, 0.4) is 0 Å². The van der Waals surface area contributed by atoms with E-state index in [0.717, 1.165) is 55.1 Å². The summed E-state index contributed by atoms with van der Waals surface area (Å²) in [7, 11) is 2.07. The van der Waals surface area contributed by atoms with Crippen molar-refractivity contribution in [3.8, 4) is 11.3 Å². The smallest absolute Gasteiger partial charge is 0.253 e. The molecule has 2 aliphatic heterocycles. The van der Waals surface area contributed by atoms with Crippen LogP contribution in [-0.2, 0) is 6.54 Å². The number of aromatic nitrogens is 3. The molecule has 0 radical (unpaired) electrons. The maximum Gasteiger partial charge on any atom is 0.253 e. The first-order chi connectivity index (χ1) is 17.4. The summed E-state index contributed by atoms with van der Waals surface area (Å²) in [4.78, 5) is 25.4. The number of carbonyl (C=O) groups excluding carboxylic acids is 1. The molecule has 4 heterocycles. The Balaban J connectivity index is 1.43. The Bertz CT molecular complexity index is 1220. The van der Waals surface area contributed by atoms with Gasteiger partial charge < -0.3 is 16.0 Å². The second-order valence-corrected chi connectivity index (χ2v) is 11.3. The van der Waals surface area contributed by atoms with Crippen LogP contribution in [0.15, 0.2) is 36.5 Å². The summed E-state index contributed by atoms with van der Waals surface area (Å²) < 4.78 is 1.89. The van der Waals surface area contributed by atoms with Crippen molar-refractivity contribution in [1.82, 2.24) is 34.8 Å². The number of pyridine rings is 1. The molecular formula is C26H36N8OS. The van der Waals surface area contributed by atoms with Crippen molar-refractivity contribution in [3.05, 3.63) is 47.7 Å². The minimum atomic E-state index is -0.0921. The van der Waals surface area contributed by atoms with Gasteiger partial charge in [-0.05, 0) is 38.6 Å². The zero-order chi connectivity index (χ0) is 25.2. The molecule has 36 heavy (non-hydrogen) atoms. The van der Waals surface area contributed by atoms with E-state index in [9.17, 15) is 4.79 Å². The Morgan fingerprint density at radius 2 is 2.19 bits per heavy atom. The van der Waals surface area contributed by atoms with Gasteiger partial charge >= 0.3 is 0 Å². The number of nitrogens with zero attached hydrogens (tertiary/aromatic N) is 6. The molecule has 192 valence electrons. The molecule has 1 atom stereocenters. The van der Waals surface area contributed by atoms with Crippen molar-refractivity contribution in [2.45, 2.75) is 31.8 Å². The van der Waals surface area contributed by atoms with Crippen LogP contribution in [0.25, 0.3) is 22.3 Å². The van der Waals surface area contributed by atoms with Crippen molar-refractivity contribution in [3.63, 3.8) is 0 Å². The predicted molar refractivity (Wildman–Crippen MR) is 146 cm³/mol. The van der Waals surface area contributed by atoms with Gasteiger partial charge in [0.25, 0.3) is 5.91 Å². The number of fused-ring (bicyclic) bond motifs is 2. The number of likely N-dealkylation sites (N-methyl/N-ethyl adjacent to an activating group) is 1. The van der Waals surface area contributed by atoms with Gasteiger partial charge in [0.15, 0.2) is 5.65 Å². The van der Waals surface area contributed by atoms with E-state index in [2.05, 4.69) is 58.1 Å². The van der Waals surface area contributed by atoms with E-state index in [4.69, 9.17) is 10.7 Å². The molecule has 9 nitrogen and oxygen atoms in total. The molecule has 1 amide bonds. The fraction of sp³-hybridized carbons (Fsp3) is 0.500. The number of hydrogen-bond acceptors (Lipinski definition) is 8. The summed E-state index contributed by atoms with van der Waals surface area (Å²) in [5.41, 5.74) is 10.0. The lowest BCUT2D eigenvalue weighted by atomic mass is 10.0. The van der Waals surface area contributed by atoms with Gasteiger partial charge in [0.2, 0.25) is 0 Å². The first kappa shape index (κ1) is 25.2. The molecule has 0 bridgehead atoms. The van der Waals surface area contributed by atoms with Crippen LogP contribution >= 0.6 is 11.8 Å². The van der Waals surface area contributed by atoms with Gasteiger partial charge in [-0.15, -0.1) is 11.8 Å². The van der Waals surface area contributed by atoms with Crippen molar-refractivity contribution in [2.24, 2.45) is 5.73 Å². The summed E-state index contributed by atoms with van der Waals surface area (Å²) in [5.74, 6) is 1.11. The van der Waals surface area contributed by atoms with Gasteiger partial charge in [-0.1, -0.05) is 18.2 Å². The van der Waals surface area contributed by atoms with E-state index in [1.807, 2.05) is 34.6 Å². The highest BCUT2D eigenvalue weighted by atomic mass is 32.2. The molecule has 2 aromatic heterocycles. The van der Waals surface area contributed by atoms with Crippen molar-refractivity contribution >= 4 is 28.7 Å². The summed E-state index contributed by atoms with van der Waals surface area (Å²) >= 11 is 2.00. The normalized spacial score (nSPS) is 18.6. The number of nitrogens with one attached hydrogen (secondary N) is 1. The maximum atomic E-state index is 13.5. The van der Waals surface area contributed by atoms with Gasteiger partial charge in [0.05, 0.1) is 41.6 Å². The number of rotatable bonds is 9. The SMILES string of the molecule is CC(C)n1ncc2c(C(=O)NCN3CC4SCCN4C3)cc(-c3cccc(CN(C)CCN)c3)nc21. The van der Waals surface area contributed by atoms with Crippen LogP contribution in [0, 0.1) is 0 Å². The number of carbonyl (C=O) groups is 1. The average molecular weight is 509 g/mol. The number of nitrogens with two attached hydrogens (primary N) is 1. The zero-order valence-electron chi connectivity index (χ0n) is 21.4. The minimum absolute atomic E-state index is 0.0921. The van der Waals surface area contributed by atoms with Crippen molar-refractivity contribution in [1.29, 1.82) is 0 Å². The minimum Gasteiger partial charge on any atom is -0.339 e. The number of amides is 1. The van der Waals surface area contributed by atoms with E-state index >= 15 is 0 Å². The quantitative estimate of drug-likeness (QED) is 0.455. The second-order valence-electron chi connectivity index (χ2n) is 10.00. The van der Waals surface area contributed by atoms with E-state index < -0.39 is 0 Å². The fourth-order valence-electron chi connectivity index (χ4n) is 4.99. The number of thioether (sulfide) groups is 1. The predicted octanol–water partition coefficient (Wildman–Crippen LogP) is 2.41. The third-order valence-electron chi connectivity index (χ3n) is 6.84. The fourth-order valence-corrected chi connectivity index (χ4v) is 6.30. The molecule has 2 saturated heterocycles. The molecular weight excluding hydrogens is 472 g/mol. The molecule has 5 rings (SSSR count). The van der Waals surface area contributed by atoms with Crippen LogP contribution in [0.4, 0.5) is 0 Å². The molecule has 0 saturated carbocycles. The molecule has 3 N–H and O–H groups in total. The van der Waals surface area contributed by atoms with Crippen molar-refractivity contribution in [2.75, 3.05) is 52.3 Å². The molecule has 10 heteroatoms. The van der Waals surface area contributed by atoms with E-state index in [-0.39, 0.29) is 11.9 Å². The van der Waals surface area contributed by atoms with Crippen LogP contribution in [-0.4, -0.2) is 93.1 Å². The van der Waals surface area contributed by atoms with Gasteiger partial charge in [0, 0.05) is 50.1 Å². The molecule has 0 aliphatic carbocycles. The standard InChI is InChI=1S/C26H36N8OS/c1-18(2)34-25-22(13-29-34)21(26(35)28-16-32-15-24-33(17-32)9-10-36-24)12-23(30-25)20-6-4-5-19(11-20)14-31(3)8-7-27/h4-6,11-13,18,24H,7-10,14-17,27H2,1-3H3,(H,28,35). The van der Waals surface area contributed by atoms with Crippen LogP contribution < -0.4 is 11.1 Å².